The fourth-order valence-corrected chi connectivity index (χ4v) is 5.79. The summed E-state index contributed by atoms with van der Waals surface area (Å²) in [6, 6.07) is 6.11. The number of aromatic nitrogens is 4. The van der Waals surface area contributed by atoms with Gasteiger partial charge in [-0.15, -0.1) is 11.3 Å². The first kappa shape index (κ1) is 27.3. The molecule has 208 valence electrons. The first-order valence-corrected chi connectivity index (χ1v) is 14.3. The molecule has 0 spiro atoms. The highest BCUT2D eigenvalue weighted by Gasteiger charge is 2.25. The van der Waals surface area contributed by atoms with Crippen LogP contribution < -0.4 is 15.7 Å². The Morgan fingerprint density at radius 3 is 2.97 bits per heavy atom. The molecular weight excluding hydrogens is 516 g/mol. The summed E-state index contributed by atoms with van der Waals surface area (Å²) in [7, 11) is 3.43. The van der Waals surface area contributed by atoms with Crippen molar-refractivity contribution in [1.29, 1.82) is 0 Å². The number of rotatable bonds is 9. The van der Waals surface area contributed by atoms with E-state index in [1.807, 2.05) is 44.5 Å². The zero-order valence-corrected chi connectivity index (χ0v) is 23.8. The van der Waals surface area contributed by atoms with Gasteiger partial charge in [-0.1, -0.05) is 19.9 Å². The van der Waals surface area contributed by atoms with Crippen molar-refractivity contribution in [2.45, 2.75) is 51.7 Å². The van der Waals surface area contributed by atoms with Crippen LogP contribution in [0.2, 0.25) is 0 Å². The molecule has 1 unspecified atom stereocenters. The van der Waals surface area contributed by atoms with Crippen LogP contribution in [-0.2, 0) is 22.9 Å². The van der Waals surface area contributed by atoms with Gasteiger partial charge in [-0.25, -0.2) is 19.0 Å². The standard InChI is InChI=1S/C28H36N6O4S/c1-18(2)26-32-33(4)28(35)34(26)27-31-25-21-9-8-19(15-22(21)36-13-10-23(25)39-27)20(16-29-3)17-30-11-14-38-24-7-5-6-12-37-24/h8-9,15-18,24,30H,5-7,10-14H2,1-4H3/b20-17+,29-16?. The van der Waals surface area contributed by atoms with Crippen LogP contribution in [0.15, 0.2) is 34.2 Å². The number of hydrogen-bond acceptors (Lipinski definition) is 9. The van der Waals surface area contributed by atoms with Gasteiger partial charge in [0.1, 0.15) is 11.6 Å². The van der Waals surface area contributed by atoms with Crippen molar-refractivity contribution in [3.05, 3.63) is 51.1 Å². The zero-order chi connectivity index (χ0) is 27.4. The third-order valence-electron chi connectivity index (χ3n) is 6.71. The van der Waals surface area contributed by atoms with Gasteiger partial charge in [-0.2, -0.15) is 5.10 Å². The van der Waals surface area contributed by atoms with E-state index in [0.717, 1.165) is 58.9 Å². The molecule has 0 saturated carbocycles. The smallest absolute Gasteiger partial charge is 0.352 e. The quantitative estimate of drug-likeness (QED) is 0.317. The molecule has 0 aliphatic carbocycles. The lowest BCUT2D eigenvalue weighted by Crippen LogP contribution is -2.25. The maximum atomic E-state index is 12.9. The van der Waals surface area contributed by atoms with Gasteiger partial charge >= 0.3 is 5.69 Å². The van der Waals surface area contributed by atoms with Crippen LogP contribution in [0.4, 0.5) is 0 Å². The van der Waals surface area contributed by atoms with E-state index in [1.165, 1.54) is 16.0 Å². The molecule has 0 radical (unpaired) electrons. The van der Waals surface area contributed by atoms with E-state index in [1.54, 1.807) is 18.7 Å². The maximum Gasteiger partial charge on any atom is 0.352 e. The zero-order valence-electron chi connectivity index (χ0n) is 23.0. The van der Waals surface area contributed by atoms with Crippen molar-refractivity contribution in [2.75, 3.05) is 33.4 Å². The third kappa shape index (κ3) is 6.00. The van der Waals surface area contributed by atoms with Crippen LogP contribution in [-0.4, -0.2) is 65.2 Å². The third-order valence-corrected chi connectivity index (χ3v) is 7.81. The van der Waals surface area contributed by atoms with Gasteiger partial charge in [0.2, 0.25) is 0 Å². The molecule has 1 atom stereocenters. The Balaban J connectivity index is 1.37. The topological polar surface area (TPSA) is 105 Å². The number of aryl methyl sites for hydroxylation is 1. The van der Waals surface area contributed by atoms with Crippen molar-refractivity contribution in [3.63, 3.8) is 0 Å². The number of fused-ring (bicyclic) bond motifs is 3. The van der Waals surface area contributed by atoms with Gasteiger partial charge < -0.3 is 19.5 Å². The predicted octanol–water partition coefficient (Wildman–Crippen LogP) is 3.93. The second-order valence-electron chi connectivity index (χ2n) is 9.94. The number of benzene rings is 1. The van der Waals surface area contributed by atoms with Crippen molar-refractivity contribution >= 4 is 23.1 Å². The van der Waals surface area contributed by atoms with Crippen molar-refractivity contribution in [1.82, 2.24) is 24.6 Å². The van der Waals surface area contributed by atoms with Crippen LogP contribution >= 0.6 is 11.3 Å². The van der Waals surface area contributed by atoms with Crippen molar-refractivity contribution in [2.24, 2.45) is 12.0 Å². The number of allylic oxidation sites excluding steroid dienone is 1. The van der Waals surface area contributed by atoms with E-state index < -0.39 is 0 Å². The molecule has 4 heterocycles. The first-order valence-electron chi connectivity index (χ1n) is 13.5. The number of nitrogens with one attached hydrogen (secondary N) is 1. The Morgan fingerprint density at radius 2 is 2.21 bits per heavy atom. The van der Waals surface area contributed by atoms with Crippen molar-refractivity contribution in [3.8, 4) is 22.1 Å². The maximum absolute atomic E-state index is 12.9. The second-order valence-corrected chi connectivity index (χ2v) is 11.0. The predicted molar refractivity (Wildman–Crippen MR) is 153 cm³/mol. The highest BCUT2D eigenvalue weighted by molar-refractivity contribution is 7.14. The molecule has 1 N–H and O–H groups in total. The molecule has 1 aromatic carbocycles. The Morgan fingerprint density at radius 1 is 1.33 bits per heavy atom. The molecule has 0 amide bonds. The number of nitrogens with zero attached hydrogens (tertiary/aromatic N) is 5. The molecule has 10 nitrogen and oxygen atoms in total. The van der Waals surface area contributed by atoms with Crippen LogP contribution in [0.1, 0.15) is 55.3 Å². The van der Waals surface area contributed by atoms with Crippen LogP contribution in [0.3, 0.4) is 0 Å². The van der Waals surface area contributed by atoms with Gasteiger partial charge in [0.15, 0.2) is 11.4 Å². The van der Waals surface area contributed by atoms with Crippen molar-refractivity contribution < 1.29 is 14.2 Å². The summed E-state index contributed by atoms with van der Waals surface area (Å²) in [5.74, 6) is 1.56. The molecule has 11 heteroatoms. The van der Waals surface area contributed by atoms with E-state index in [-0.39, 0.29) is 17.9 Å². The monoisotopic (exact) mass is 552 g/mol. The summed E-state index contributed by atoms with van der Waals surface area (Å²) >= 11 is 1.52. The minimum atomic E-state index is -0.188. The highest BCUT2D eigenvalue weighted by Crippen LogP contribution is 2.39. The molecule has 0 bridgehead atoms. The molecule has 1 fully saturated rings. The first-order chi connectivity index (χ1) is 19.0. The molecular formula is C28H36N6O4S. The summed E-state index contributed by atoms with van der Waals surface area (Å²) in [5.41, 5.74) is 3.50. The van der Waals surface area contributed by atoms with Gasteiger partial charge in [-0.3, -0.25) is 4.99 Å². The Labute approximate surface area is 232 Å². The van der Waals surface area contributed by atoms with Gasteiger partial charge in [0.05, 0.1) is 18.9 Å². The fraction of sp³-hybridized carbons (Fsp3) is 0.500. The van der Waals surface area contributed by atoms with Crippen LogP contribution in [0, 0.1) is 0 Å². The van der Waals surface area contributed by atoms with E-state index in [9.17, 15) is 4.79 Å². The Bertz CT molecular complexity index is 1410. The Kier molecular flexibility index (Phi) is 8.59. The largest absolute Gasteiger partial charge is 0.492 e. The number of aliphatic imine (C=N–C) groups is 1. The van der Waals surface area contributed by atoms with Crippen LogP contribution in [0.5, 0.6) is 5.75 Å². The molecule has 2 aromatic heterocycles. The van der Waals surface area contributed by atoms with E-state index in [0.29, 0.717) is 37.1 Å². The normalized spacial score (nSPS) is 17.7. The summed E-state index contributed by atoms with van der Waals surface area (Å²) in [5, 5.41) is 8.41. The minimum Gasteiger partial charge on any atom is -0.492 e. The van der Waals surface area contributed by atoms with Gasteiger partial charge in [-0.05, 0) is 37.0 Å². The van der Waals surface area contributed by atoms with E-state index in [2.05, 4.69) is 15.4 Å². The number of hydrogen-bond donors (Lipinski definition) is 1. The molecule has 39 heavy (non-hydrogen) atoms. The van der Waals surface area contributed by atoms with Gasteiger partial charge in [0.25, 0.3) is 0 Å². The SMILES string of the molecule is CN=C/C(=C\NCCOC1CCCCO1)c1ccc2c(c1)OCCc1sc(-n3c(C(C)C)nn(C)c3=O)nc1-2. The lowest BCUT2D eigenvalue weighted by Gasteiger charge is -2.22. The van der Waals surface area contributed by atoms with Crippen LogP contribution in [0.25, 0.3) is 22.0 Å². The minimum absolute atomic E-state index is 0.0898. The molecule has 1 saturated heterocycles. The molecule has 5 rings (SSSR count). The summed E-state index contributed by atoms with van der Waals surface area (Å²) in [6.07, 6.45) is 7.62. The molecule has 2 aliphatic heterocycles. The van der Waals surface area contributed by atoms with Gasteiger partial charge in [0, 0.05) is 68.0 Å². The average molecular weight is 553 g/mol. The lowest BCUT2D eigenvalue weighted by molar-refractivity contribution is -0.161. The highest BCUT2D eigenvalue weighted by atomic mass is 32.1. The molecule has 2 aliphatic rings. The van der Waals surface area contributed by atoms with E-state index >= 15 is 0 Å². The second kappa shape index (κ2) is 12.3. The average Bonchev–Trinajstić information content (AvgIpc) is 3.43. The fourth-order valence-electron chi connectivity index (χ4n) is 4.73. The van der Waals surface area contributed by atoms with E-state index in [4.69, 9.17) is 19.2 Å². The Hall–Kier alpha value is -3.28. The summed E-state index contributed by atoms with van der Waals surface area (Å²) in [4.78, 5) is 23.1. The summed E-state index contributed by atoms with van der Waals surface area (Å²) in [6.45, 7) is 6.60. The lowest BCUT2D eigenvalue weighted by atomic mass is 10.0. The molecule has 3 aromatic rings. The number of thiazole rings is 1. The number of ether oxygens (including phenoxy) is 3. The summed E-state index contributed by atoms with van der Waals surface area (Å²) < 4.78 is 20.6.